The molecule has 0 aliphatic heterocycles. The van der Waals surface area contributed by atoms with Gasteiger partial charge in [0.1, 0.15) is 12.4 Å². The number of carbonyl (C=O) groups is 2. The molecule has 34 heavy (non-hydrogen) atoms. The number of nitrogens with one attached hydrogen (secondary N) is 1. The van der Waals surface area contributed by atoms with Crippen molar-refractivity contribution in [1.82, 2.24) is 9.88 Å². The summed E-state index contributed by atoms with van der Waals surface area (Å²) in [5.74, 6) is -3.67. The number of alkyl halides is 3. The van der Waals surface area contributed by atoms with Gasteiger partial charge in [-0.25, -0.2) is 4.39 Å². The number of aromatic nitrogens is 1. The highest BCUT2D eigenvalue weighted by Gasteiger charge is 2.30. The second-order valence-corrected chi connectivity index (χ2v) is 7.98. The molecule has 1 atom stereocenters. The second-order valence-electron chi connectivity index (χ2n) is 7.57. The number of hydrogen-bond acceptors (Lipinski definition) is 3. The lowest BCUT2D eigenvalue weighted by atomic mass is 9.84. The summed E-state index contributed by atoms with van der Waals surface area (Å²) in [4.78, 5) is 36.9. The Bertz CT molecular complexity index is 1290. The summed E-state index contributed by atoms with van der Waals surface area (Å²) in [5, 5.41) is 1.89. The first-order valence-corrected chi connectivity index (χ1v) is 10.4. The number of hydrogen-bond donors (Lipinski definition) is 1. The molecular formula is C24H19ClF4N2O3. The van der Waals surface area contributed by atoms with Crippen molar-refractivity contribution in [2.45, 2.75) is 18.5 Å². The van der Waals surface area contributed by atoms with Gasteiger partial charge in [-0.15, -0.1) is 0 Å². The Balaban J connectivity index is 2.03. The maximum atomic E-state index is 15.4. The predicted octanol–water partition coefficient (Wildman–Crippen LogP) is 4.87. The topological polar surface area (TPSA) is 68.2 Å². The third-order valence-corrected chi connectivity index (χ3v) is 5.52. The lowest BCUT2D eigenvalue weighted by Gasteiger charge is -2.21. The minimum Gasteiger partial charge on any atom is -0.343 e. The van der Waals surface area contributed by atoms with Crippen molar-refractivity contribution < 1.29 is 27.2 Å². The van der Waals surface area contributed by atoms with Crippen molar-refractivity contribution in [2.24, 2.45) is 7.05 Å². The van der Waals surface area contributed by atoms with Crippen molar-refractivity contribution in [3.8, 4) is 0 Å². The van der Waals surface area contributed by atoms with Crippen molar-refractivity contribution in [2.75, 3.05) is 6.54 Å². The summed E-state index contributed by atoms with van der Waals surface area (Å²) in [7, 11) is 1.48. The molecule has 1 aromatic heterocycles. The van der Waals surface area contributed by atoms with E-state index in [1.54, 1.807) is 29.6 Å². The number of amides is 1. The summed E-state index contributed by atoms with van der Waals surface area (Å²) in [6.45, 7) is -1.62. The predicted molar refractivity (Wildman–Crippen MR) is 119 cm³/mol. The second kappa shape index (κ2) is 10.2. The minimum absolute atomic E-state index is 0.0778. The summed E-state index contributed by atoms with van der Waals surface area (Å²) >= 11 is 6.32. The number of nitrogens with zero attached hydrogens (tertiary/aromatic N) is 1. The number of pyridine rings is 1. The van der Waals surface area contributed by atoms with Gasteiger partial charge in [0.15, 0.2) is 5.78 Å². The molecule has 5 nitrogen and oxygen atoms in total. The van der Waals surface area contributed by atoms with E-state index in [0.29, 0.717) is 5.56 Å². The van der Waals surface area contributed by atoms with Gasteiger partial charge in [-0.05, 0) is 29.3 Å². The van der Waals surface area contributed by atoms with Crippen molar-refractivity contribution in [1.29, 1.82) is 0 Å². The Hall–Kier alpha value is -3.46. The van der Waals surface area contributed by atoms with Gasteiger partial charge in [0.25, 0.3) is 5.91 Å². The first-order valence-electron chi connectivity index (χ1n) is 10.1. The average molecular weight is 495 g/mol. The fourth-order valence-electron chi connectivity index (χ4n) is 3.48. The maximum Gasteiger partial charge on any atom is 0.405 e. The fourth-order valence-corrected chi connectivity index (χ4v) is 3.74. The Labute approximate surface area is 197 Å². The Morgan fingerprint density at radius 3 is 2.35 bits per heavy atom. The third-order valence-electron chi connectivity index (χ3n) is 5.18. The van der Waals surface area contributed by atoms with E-state index in [1.807, 2.05) is 0 Å². The molecule has 0 spiro atoms. The van der Waals surface area contributed by atoms with E-state index in [2.05, 4.69) is 0 Å². The first kappa shape index (κ1) is 25.2. The van der Waals surface area contributed by atoms with Gasteiger partial charge in [-0.2, -0.15) is 13.2 Å². The average Bonchev–Trinajstić information content (AvgIpc) is 2.78. The molecule has 0 saturated carbocycles. The highest BCUT2D eigenvalue weighted by Crippen LogP contribution is 2.36. The summed E-state index contributed by atoms with van der Waals surface area (Å²) in [6, 6.07) is 12.7. The van der Waals surface area contributed by atoms with E-state index in [4.69, 9.17) is 11.6 Å². The molecule has 0 fully saturated rings. The highest BCUT2D eigenvalue weighted by molar-refractivity contribution is 6.31. The molecule has 0 radical (unpaired) electrons. The molecule has 1 unspecified atom stereocenters. The number of benzene rings is 2. The van der Waals surface area contributed by atoms with Gasteiger partial charge in [-0.1, -0.05) is 41.9 Å². The van der Waals surface area contributed by atoms with Crippen LogP contribution in [0.4, 0.5) is 17.6 Å². The molecule has 3 rings (SSSR count). The van der Waals surface area contributed by atoms with Crippen molar-refractivity contribution in [3.05, 3.63) is 104 Å². The quantitative estimate of drug-likeness (QED) is 0.376. The highest BCUT2D eigenvalue weighted by atomic mass is 35.5. The molecule has 0 aliphatic rings. The molecule has 0 bridgehead atoms. The third kappa shape index (κ3) is 5.91. The molecule has 3 aromatic rings. The van der Waals surface area contributed by atoms with Gasteiger partial charge >= 0.3 is 6.18 Å². The number of rotatable bonds is 7. The van der Waals surface area contributed by atoms with Crippen LogP contribution in [-0.2, 0) is 7.05 Å². The largest absolute Gasteiger partial charge is 0.405 e. The molecule has 0 aliphatic carbocycles. The smallest absolute Gasteiger partial charge is 0.343 e. The van der Waals surface area contributed by atoms with Gasteiger partial charge in [-0.3, -0.25) is 14.4 Å². The van der Waals surface area contributed by atoms with Crippen LogP contribution in [-0.4, -0.2) is 29.0 Å². The summed E-state index contributed by atoms with van der Waals surface area (Å²) < 4.78 is 54.1. The lowest BCUT2D eigenvalue weighted by Crippen LogP contribution is -2.34. The summed E-state index contributed by atoms with van der Waals surface area (Å²) in [6.07, 6.45) is -3.58. The van der Waals surface area contributed by atoms with E-state index < -0.39 is 41.7 Å². The number of aryl methyl sites for hydroxylation is 1. The molecule has 1 heterocycles. The van der Waals surface area contributed by atoms with Crippen LogP contribution in [0, 0.1) is 5.82 Å². The zero-order valence-electron chi connectivity index (χ0n) is 17.8. The van der Waals surface area contributed by atoms with Crippen LogP contribution < -0.4 is 10.9 Å². The standard InChI is InChI=1S/C24H19ClF4N2O3/c1-31-12-14(9-10-21(31)33)20(32)11-18(15-5-2-3-8-19(15)25)16-6-4-7-17(22(16)26)23(34)30-13-24(27,28)29/h2-10,12,18H,11,13H2,1H3,(H,30,34). The van der Waals surface area contributed by atoms with E-state index in [0.717, 1.165) is 6.07 Å². The molecule has 10 heteroatoms. The van der Waals surface area contributed by atoms with Crippen LogP contribution in [0.25, 0.3) is 0 Å². The van der Waals surface area contributed by atoms with Gasteiger partial charge in [0, 0.05) is 42.2 Å². The minimum atomic E-state index is -4.66. The monoisotopic (exact) mass is 494 g/mol. The lowest BCUT2D eigenvalue weighted by molar-refractivity contribution is -0.123. The number of halogens is 5. The van der Waals surface area contributed by atoms with Crippen molar-refractivity contribution >= 4 is 23.3 Å². The first-order chi connectivity index (χ1) is 16.0. The molecule has 0 saturated heterocycles. The number of ketones is 1. The Morgan fingerprint density at radius 2 is 1.71 bits per heavy atom. The molecule has 2 aromatic carbocycles. The zero-order chi connectivity index (χ0) is 25.0. The van der Waals surface area contributed by atoms with Gasteiger partial charge in [0.05, 0.1) is 5.56 Å². The maximum absolute atomic E-state index is 15.4. The van der Waals surface area contributed by atoms with Crippen LogP contribution in [0.15, 0.2) is 65.6 Å². The normalized spacial score (nSPS) is 12.3. The van der Waals surface area contributed by atoms with Crippen molar-refractivity contribution in [3.63, 3.8) is 0 Å². The van der Waals surface area contributed by atoms with Crippen LogP contribution in [0.2, 0.25) is 5.02 Å². The molecular weight excluding hydrogens is 476 g/mol. The van der Waals surface area contributed by atoms with Gasteiger partial charge < -0.3 is 9.88 Å². The van der Waals surface area contributed by atoms with Gasteiger partial charge in [0.2, 0.25) is 5.56 Å². The summed E-state index contributed by atoms with van der Waals surface area (Å²) in [5.41, 5.74) is -0.380. The zero-order valence-corrected chi connectivity index (χ0v) is 18.6. The van der Waals surface area contributed by atoms with E-state index in [-0.39, 0.29) is 28.1 Å². The fraction of sp³-hybridized carbons (Fsp3) is 0.208. The van der Waals surface area contributed by atoms with E-state index in [1.165, 1.54) is 42.1 Å². The molecule has 178 valence electrons. The Kier molecular flexibility index (Phi) is 7.56. The SMILES string of the molecule is Cn1cc(C(=O)CC(c2ccccc2Cl)c2cccc(C(=O)NCC(F)(F)F)c2F)ccc1=O. The van der Waals surface area contributed by atoms with Crippen LogP contribution in [0.3, 0.4) is 0 Å². The van der Waals surface area contributed by atoms with Crippen LogP contribution in [0.5, 0.6) is 0 Å². The van der Waals surface area contributed by atoms with E-state index in [9.17, 15) is 27.6 Å². The van der Waals surface area contributed by atoms with Crippen LogP contribution in [0.1, 0.15) is 44.2 Å². The molecule has 1 N–H and O–H groups in total. The number of carbonyl (C=O) groups excluding carboxylic acids is 2. The Morgan fingerprint density at radius 1 is 1.03 bits per heavy atom. The molecule has 1 amide bonds. The number of Topliss-reactive ketones (excluding diaryl/α,β-unsaturated/α-hetero) is 1. The van der Waals surface area contributed by atoms with E-state index >= 15 is 4.39 Å². The van der Waals surface area contributed by atoms with Crippen LogP contribution >= 0.6 is 11.6 Å².